The van der Waals surface area contributed by atoms with Crippen LogP contribution in [0.3, 0.4) is 0 Å². The fourth-order valence-electron chi connectivity index (χ4n) is 11.6. The summed E-state index contributed by atoms with van der Waals surface area (Å²) < 4.78 is 16.0. The Balaban J connectivity index is 0.000000171. The predicted molar refractivity (Wildman–Crippen MR) is 481 cm³/mol. The molecule has 0 aliphatic heterocycles. The van der Waals surface area contributed by atoms with Crippen LogP contribution in [-0.4, -0.2) is 97.7 Å². The van der Waals surface area contributed by atoms with Crippen molar-refractivity contribution in [1.29, 1.82) is 21.0 Å². The minimum absolute atomic E-state index is 0.0669. The first-order valence-electron chi connectivity index (χ1n) is 36.6. The molecule has 7 aromatic heterocycles. The molecular formula is C90H71ClN20O6S5. The number of hydrogen-bond acceptors (Lipinski definition) is 26. The molecule has 13 aromatic rings. The van der Waals surface area contributed by atoms with Gasteiger partial charge in [-0.1, -0.05) is 156 Å². The Labute approximate surface area is 730 Å². The summed E-state index contributed by atoms with van der Waals surface area (Å²) in [6, 6.07) is 66.2. The summed E-state index contributed by atoms with van der Waals surface area (Å²) in [6.45, 7) is 32.9. The first kappa shape index (κ1) is 89.9. The van der Waals surface area contributed by atoms with Gasteiger partial charge in [-0.3, -0.25) is 14.8 Å². The number of benzene rings is 6. The van der Waals surface area contributed by atoms with Gasteiger partial charge in [0.1, 0.15) is 97.4 Å². The molecule has 0 unspecified atom stereocenters. The van der Waals surface area contributed by atoms with Crippen molar-refractivity contribution in [3.63, 3.8) is 0 Å². The number of nitrogens with two attached hydrogens (primary N) is 3. The Morgan fingerprint density at radius 1 is 0.492 bits per heavy atom. The van der Waals surface area contributed by atoms with Crippen molar-refractivity contribution >= 4 is 128 Å². The largest absolute Gasteiger partial charge is 0.491 e. The molecule has 1 amide bonds. The molecule has 122 heavy (non-hydrogen) atoms. The average Bonchev–Trinajstić information content (AvgIpc) is 0.886. The quantitative estimate of drug-likeness (QED) is 0.0136. The van der Waals surface area contributed by atoms with Crippen LogP contribution in [0.5, 0.6) is 11.5 Å². The molecule has 13 rings (SSSR count). The highest BCUT2D eigenvalue weighted by Gasteiger charge is 2.26. The van der Waals surface area contributed by atoms with Gasteiger partial charge in [0.25, 0.3) is 0 Å². The van der Waals surface area contributed by atoms with E-state index in [0.717, 1.165) is 38.6 Å². The van der Waals surface area contributed by atoms with Crippen molar-refractivity contribution in [3.05, 3.63) is 307 Å². The summed E-state index contributed by atoms with van der Waals surface area (Å²) in [7, 11) is 1.61. The number of ether oxygens (including phenoxy) is 3. The number of thioether (sulfide) groups is 4. The second-order valence-corrected chi connectivity index (χ2v) is 30.3. The van der Waals surface area contributed by atoms with Gasteiger partial charge in [-0.25, -0.2) is 44.3 Å². The summed E-state index contributed by atoms with van der Waals surface area (Å²) in [4.78, 5) is 56.1. The van der Waals surface area contributed by atoms with Crippen molar-refractivity contribution in [2.45, 2.75) is 50.0 Å². The van der Waals surface area contributed by atoms with Gasteiger partial charge in [-0.05, 0) is 100 Å². The average molecular weight is 1720 g/mol. The Bertz CT molecular complexity index is 6180. The molecular weight excluding hydrogens is 1650 g/mol. The first-order chi connectivity index (χ1) is 59.5. The number of nitrogens with zero attached hydrogens (tertiary/aromatic N) is 15. The minimum Gasteiger partial charge on any atom is -0.491 e. The number of amides is 1. The first-order valence-corrected chi connectivity index (χ1v) is 41.8. The lowest BCUT2D eigenvalue weighted by Gasteiger charge is -2.16. The van der Waals surface area contributed by atoms with E-state index in [-0.39, 0.29) is 72.4 Å². The Morgan fingerprint density at radius 2 is 0.934 bits per heavy atom. The lowest BCUT2D eigenvalue weighted by molar-refractivity contribution is -0.114. The van der Waals surface area contributed by atoms with E-state index in [0.29, 0.717) is 146 Å². The SMILES string of the molecule is [C-]#[N+]c1c(N)nc(SCc2ccccn2)c(C#N)c1-c1ccc(NC(C)=O)cc1.[C-]#[N+]c1c(N)nc(SCc2cccnc2)c(C#N)c1-c1ccc(OCCOC)cc1.[C-]#[N+]c1c(N)nc(SCc2csc(-c3ccc(Cl)cc3)n2)c(C#N)c1-c1ccc(OCCO)cc1.[C-]#[N+]c1c(NCCO)nc(SCc2ccccc2)c(C#N)c1-c1ccccc1. The molecule has 0 saturated heterocycles. The number of nitrogens with one attached hydrogen (secondary N) is 2. The zero-order valence-electron chi connectivity index (χ0n) is 65.2. The van der Waals surface area contributed by atoms with Gasteiger partial charge in [0.15, 0.2) is 0 Å². The van der Waals surface area contributed by atoms with Crippen molar-refractivity contribution in [2.24, 2.45) is 0 Å². The van der Waals surface area contributed by atoms with E-state index in [1.165, 1.54) is 65.3 Å². The van der Waals surface area contributed by atoms with Gasteiger partial charge in [-0.15, -0.1) is 34.9 Å². The Hall–Kier alpha value is -14.4. The topological polar surface area (TPSA) is 390 Å². The summed E-state index contributed by atoms with van der Waals surface area (Å²) in [6.07, 6.45) is 5.17. The fourth-order valence-corrected chi connectivity index (χ4v) is 16.3. The molecule has 604 valence electrons. The van der Waals surface area contributed by atoms with Crippen LogP contribution in [0, 0.1) is 71.6 Å². The van der Waals surface area contributed by atoms with Crippen molar-refractivity contribution in [1.82, 2.24) is 34.9 Å². The molecule has 0 fully saturated rings. The third-order valence-corrected chi connectivity index (χ3v) is 22.4. The number of aromatic nitrogens is 7. The summed E-state index contributed by atoms with van der Waals surface area (Å²) in [5.41, 5.74) is 30.4. The van der Waals surface area contributed by atoms with E-state index in [1.807, 2.05) is 133 Å². The highest BCUT2D eigenvalue weighted by Crippen LogP contribution is 2.47. The van der Waals surface area contributed by atoms with Gasteiger partial charge in [0.2, 0.25) is 28.7 Å². The minimum atomic E-state index is -0.182. The molecule has 0 saturated carbocycles. The standard InChI is InChI=1S/C25H18ClN5O2S2.C22H19N5O2S.C22H18N4OS.C21H16N6OS/c1-29-22-21(15-4-8-19(9-5-15)33-11-10-32)20(12-27)25(31-23(22)28)35-14-18-13-34-24(30-18)16-2-6-17(26)7-3-16;1-25-20-19(16-5-7-17(8-6-16)29-11-10-28-2)18(12-23)22(27-21(20)24)30-14-15-4-3-9-26-13-15;1-24-20-19(17-10-6-3-7-11-17)18(14-23)22(26-21(20)25-12-13-27)28-15-16-8-4-2-5-9-16;1-13(28)26-15-8-6-14(7-9-15)18-17(11-22)21(27-20(23)19(18)24-2)29-12-16-5-3-4-10-25-16/h2-9,13,32H,10-11,14H2,(H2,28,31);3-9,13H,10-11,14H2,2H3,(H2,24,27);2-11,27H,12-13,15H2,(H,25,26);3-10H,12H2,1H3,(H2,23,27)(H,26,28). The molecule has 7 heterocycles. The molecule has 0 aliphatic carbocycles. The number of hydrogen-bond donors (Lipinski definition) is 7. The maximum absolute atomic E-state index is 11.2. The lowest BCUT2D eigenvalue weighted by atomic mass is 9.99. The van der Waals surface area contributed by atoms with E-state index in [2.05, 4.69) is 89.2 Å². The number of halogens is 1. The third-order valence-electron chi connectivity index (χ3n) is 17.1. The van der Waals surface area contributed by atoms with E-state index in [9.17, 15) is 30.9 Å². The second-order valence-electron chi connectivity index (χ2n) is 25.2. The monoisotopic (exact) mass is 1720 g/mol. The van der Waals surface area contributed by atoms with Crippen LogP contribution in [0.2, 0.25) is 5.02 Å². The maximum Gasteiger partial charge on any atom is 0.237 e. The molecule has 32 heteroatoms. The maximum atomic E-state index is 11.2. The van der Waals surface area contributed by atoms with Gasteiger partial charge in [0.05, 0.1) is 79.8 Å². The van der Waals surface area contributed by atoms with Gasteiger partial charge >= 0.3 is 0 Å². The van der Waals surface area contributed by atoms with Crippen molar-refractivity contribution in [3.8, 4) is 90.9 Å². The zero-order valence-corrected chi connectivity index (χ0v) is 70.0. The third kappa shape index (κ3) is 24.0. The number of pyridine rings is 6. The van der Waals surface area contributed by atoms with Crippen LogP contribution in [0.4, 0.5) is 51.7 Å². The number of rotatable bonds is 28. The van der Waals surface area contributed by atoms with Gasteiger partial charge in [0, 0.05) is 106 Å². The zero-order chi connectivity index (χ0) is 86.7. The van der Waals surface area contributed by atoms with Gasteiger partial charge in [-0.2, -0.15) is 21.0 Å². The summed E-state index contributed by atoms with van der Waals surface area (Å²) in [5.74, 6) is 3.93. The van der Waals surface area contributed by atoms with Crippen molar-refractivity contribution in [2.75, 3.05) is 74.5 Å². The molecule has 26 nitrogen and oxygen atoms in total. The molecule has 0 bridgehead atoms. The molecule has 6 aromatic carbocycles. The lowest BCUT2D eigenvalue weighted by Crippen LogP contribution is -2.09. The predicted octanol–water partition coefficient (Wildman–Crippen LogP) is 19.9. The van der Waals surface area contributed by atoms with E-state index >= 15 is 0 Å². The molecule has 0 aliphatic rings. The Morgan fingerprint density at radius 3 is 1.39 bits per heavy atom. The number of aliphatic hydroxyl groups is 2. The molecule has 10 N–H and O–H groups in total. The molecule has 0 radical (unpaired) electrons. The smallest absolute Gasteiger partial charge is 0.237 e. The van der Waals surface area contributed by atoms with E-state index in [4.69, 9.17) is 74.4 Å². The number of nitrogen functional groups attached to an aromatic ring is 3. The number of carbonyl (C=O) groups is 1. The van der Waals surface area contributed by atoms with Crippen LogP contribution >= 0.6 is 70.0 Å². The number of nitriles is 4. The number of thiazole rings is 1. The second kappa shape index (κ2) is 46.1. The van der Waals surface area contributed by atoms with E-state index < -0.39 is 0 Å². The summed E-state index contributed by atoms with van der Waals surface area (Å²) in [5, 5.41) is 68.8. The highest BCUT2D eigenvalue weighted by atomic mass is 35.5. The number of aliphatic hydroxyl groups excluding tert-OH is 2. The highest BCUT2D eigenvalue weighted by molar-refractivity contribution is 7.99. The molecule has 0 spiro atoms. The molecule has 0 atom stereocenters. The van der Waals surface area contributed by atoms with E-state index in [1.54, 1.807) is 86.4 Å². The van der Waals surface area contributed by atoms with Crippen molar-refractivity contribution < 1.29 is 29.2 Å². The van der Waals surface area contributed by atoms with Crippen LogP contribution in [0.15, 0.2) is 232 Å². The number of carbonyl (C=O) groups excluding carboxylic acids is 1. The van der Waals surface area contributed by atoms with Crippen LogP contribution in [0.1, 0.15) is 51.7 Å². The van der Waals surface area contributed by atoms with Crippen LogP contribution in [-0.2, 0) is 32.5 Å². The Kier molecular flexibility index (Phi) is 34.0. The number of methoxy groups -OCH3 is 1. The van der Waals surface area contributed by atoms with Gasteiger partial charge < -0.3 is 52.3 Å². The van der Waals surface area contributed by atoms with Crippen LogP contribution < -0.4 is 37.3 Å². The summed E-state index contributed by atoms with van der Waals surface area (Å²) >= 11 is 13.0. The van der Waals surface area contributed by atoms with Crippen LogP contribution in [0.25, 0.3) is 74.5 Å². The number of anilines is 5. The normalized spacial score (nSPS) is 10.2. The fraction of sp³-hybridized carbons (Fsp3) is 0.133.